The molecule has 130 valence electrons. The molecule has 0 heterocycles. The number of halogens is 1. The summed E-state index contributed by atoms with van der Waals surface area (Å²) in [5, 5.41) is 12.5. The summed E-state index contributed by atoms with van der Waals surface area (Å²) in [5.74, 6) is 0.0350. The average molecular weight is 344 g/mol. The number of amides is 1. The summed E-state index contributed by atoms with van der Waals surface area (Å²) >= 11 is 6.00. The minimum Gasteiger partial charge on any atom is -0.490 e. The molecule has 0 aliphatic carbocycles. The number of ether oxygens (including phenoxy) is 1. The van der Waals surface area contributed by atoms with Crippen molar-refractivity contribution in [3.05, 3.63) is 22.7 Å². The van der Waals surface area contributed by atoms with Crippen molar-refractivity contribution >= 4 is 23.2 Å². The van der Waals surface area contributed by atoms with E-state index in [0.717, 1.165) is 19.6 Å². The van der Waals surface area contributed by atoms with Crippen LogP contribution in [0.3, 0.4) is 0 Å². The van der Waals surface area contributed by atoms with Crippen LogP contribution in [-0.4, -0.2) is 54.8 Å². The smallest absolute Gasteiger partial charge is 0.255 e. The van der Waals surface area contributed by atoms with Gasteiger partial charge in [0.05, 0.1) is 22.4 Å². The molecule has 0 unspecified atom stereocenters. The maximum atomic E-state index is 12.4. The zero-order valence-electron chi connectivity index (χ0n) is 13.9. The highest BCUT2D eigenvalue weighted by molar-refractivity contribution is 6.33. The number of anilines is 1. The first-order valence-electron chi connectivity index (χ1n) is 7.79. The quantitative estimate of drug-likeness (QED) is 0.595. The maximum Gasteiger partial charge on any atom is 0.255 e. The molecule has 1 aromatic carbocycles. The number of nitrogens with one attached hydrogen (secondary N) is 1. The predicted octanol–water partition coefficient (Wildman–Crippen LogP) is 1.75. The zero-order chi connectivity index (χ0) is 17.4. The molecule has 0 saturated carbocycles. The van der Waals surface area contributed by atoms with Crippen LogP contribution < -0.4 is 15.8 Å². The van der Waals surface area contributed by atoms with Gasteiger partial charge in [0, 0.05) is 19.2 Å². The van der Waals surface area contributed by atoms with Crippen LogP contribution in [0.4, 0.5) is 5.69 Å². The van der Waals surface area contributed by atoms with Crippen LogP contribution in [0.5, 0.6) is 5.75 Å². The van der Waals surface area contributed by atoms with Crippen LogP contribution in [-0.2, 0) is 0 Å². The second kappa shape index (κ2) is 9.60. The van der Waals surface area contributed by atoms with Gasteiger partial charge in [0.25, 0.3) is 5.91 Å². The Balaban J connectivity index is 2.79. The summed E-state index contributed by atoms with van der Waals surface area (Å²) < 4.78 is 5.47. The summed E-state index contributed by atoms with van der Waals surface area (Å²) in [6, 6.07) is 2.99. The molecule has 0 saturated heterocycles. The van der Waals surface area contributed by atoms with Crippen LogP contribution in [0.1, 0.15) is 31.1 Å². The summed E-state index contributed by atoms with van der Waals surface area (Å²) in [6.45, 7) is 8.99. The van der Waals surface area contributed by atoms with Crippen molar-refractivity contribution in [1.82, 2.24) is 10.2 Å². The van der Waals surface area contributed by atoms with E-state index in [1.54, 1.807) is 6.92 Å². The molecule has 4 N–H and O–H groups in total. The highest BCUT2D eigenvalue weighted by atomic mass is 35.5. The third-order valence-corrected chi connectivity index (χ3v) is 3.76. The van der Waals surface area contributed by atoms with Crippen LogP contribution in [0, 0.1) is 0 Å². The Labute approximate surface area is 142 Å². The number of likely N-dealkylation sites (N-methyl/N-ethyl adjacent to an activating group) is 1. The highest BCUT2D eigenvalue weighted by Gasteiger charge is 2.16. The van der Waals surface area contributed by atoms with Crippen LogP contribution in [0.25, 0.3) is 0 Å². The molecular weight excluding hydrogens is 318 g/mol. The van der Waals surface area contributed by atoms with Gasteiger partial charge in [-0.1, -0.05) is 25.4 Å². The number of nitrogens with two attached hydrogens (primary N) is 1. The first-order valence-corrected chi connectivity index (χ1v) is 8.17. The van der Waals surface area contributed by atoms with Crippen molar-refractivity contribution in [1.29, 1.82) is 0 Å². The molecule has 1 atom stereocenters. The highest BCUT2D eigenvalue weighted by Crippen LogP contribution is 2.29. The van der Waals surface area contributed by atoms with Crippen molar-refractivity contribution in [2.45, 2.75) is 26.9 Å². The lowest BCUT2D eigenvalue weighted by Gasteiger charge is -2.19. The van der Waals surface area contributed by atoms with Crippen molar-refractivity contribution in [2.75, 3.05) is 38.5 Å². The molecule has 0 spiro atoms. The van der Waals surface area contributed by atoms with E-state index in [1.807, 2.05) is 0 Å². The number of carbonyl (C=O) groups excluding carboxylic acids is 1. The summed E-state index contributed by atoms with van der Waals surface area (Å²) in [6.07, 6.45) is -0.648. The Morgan fingerprint density at radius 2 is 2.09 bits per heavy atom. The number of aliphatic hydroxyl groups is 1. The average Bonchev–Trinajstić information content (AvgIpc) is 2.52. The van der Waals surface area contributed by atoms with Crippen LogP contribution in [0.15, 0.2) is 12.1 Å². The molecule has 0 radical (unpaired) electrons. The maximum absolute atomic E-state index is 12.4. The van der Waals surface area contributed by atoms with E-state index in [9.17, 15) is 9.90 Å². The first-order chi connectivity index (χ1) is 10.9. The molecule has 0 bridgehead atoms. The van der Waals surface area contributed by atoms with Gasteiger partial charge < -0.3 is 25.8 Å². The number of hydrogen-bond donors (Lipinski definition) is 3. The van der Waals surface area contributed by atoms with Gasteiger partial charge in [-0.2, -0.15) is 0 Å². The van der Waals surface area contributed by atoms with E-state index >= 15 is 0 Å². The molecule has 1 amide bonds. The van der Waals surface area contributed by atoms with E-state index in [0.29, 0.717) is 28.6 Å². The van der Waals surface area contributed by atoms with Gasteiger partial charge in [-0.15, -0.1) is 0 Å². The fraction of sp³-hybridized carbons (Fsp3) is 0.562. The number of nitrogen functional groups attached to an aromatic ring is 1. The molecule has 1 rings (SSSR count). The van der Waals surface area contributed by atoms with E-state index < -0.39 is 6.10 Å². The van der Waals surface area contributed by atoms with Gasteiger partial charge in [0.2, 0.25) is 0 Å². The zero-order valence-corrected chi connectivity index (χ0v) is 14.7. The molecule has 0 fully saturated rings. The van der Waals surface area contributed by atoms with Gasteiger partial charge in [0.15, 0.2) is 0 Å². The molecule has 1 aromatic rings. The number of carbonyl (C=O) groups is 1. The Morgan fingerprint density at radius 3 is 2.65 bits per heavy atom. The normalized spacial score (nSPS) is 12.3. The van der Waals surface area contributed by atoms with Gasteiger partial charge >= 0.3 is 0 Å². The fourth-order valence-electron chi connectivity index (χ4n) is 2.04. The largest absolute Gasteiger partial charge is 0.490 e. The van der Waals surface area contributed by atoms with Crippen LogP contribution >= 0.6 is 11.6 Å². The Morgan fingerprint density at radius 1 is 1.43 bits per heavy atom. The fourth-order valence-corrected chi connectivity index (χ4v) is 2.20. The molecule has 0 aliphatic heterocycles. The number of aliphatic hydroxyl groups excluding tert-OH is 1. The summed E-state index contributed by atoms with van der Waals surface area (Å²) in [4.78, 5) is 14.6. The number of rotatable bonds is 9. The Kier molecular flexibility index (Phi) is 8.16. The number of hydrogen-bond acceptors (Lipinski definition) is 5. The van der Waals surface area contributed by atoms with E-state index in [2.05, 4.69) is 24.1 Å². The lowest BCUT2D eigenvalue weighted by Crippen LogP contribution is -2.35. The second-order valence-electron chi connectivity index (χ2n) is 5.31. The number of nitrogens with zero attached hydrogens (tertiary/aromatic N) is 1. The standard InChI is InChI=1S/C16H26ClN3O3/c1-4-20(5-2)7-6-19-16(22)12-8-13(17)14(18)9-15(12)23-10-11(3)21/h8-9,11,21H,4-7,10,18H2,1-3H3,(H,19,22)/t11-/m1/s1. The topological polar surface area (TPSA) is 87.8 Å². The lowest BCUT2D eigenvalue weighted by molar-refractivity contribution is 0.0934. The van der Waals surface area contributed by atoms with Crippen molar-refractivity contribution < 1.29 is 14.6 Å². The summed E-state index contributed by atoms with van der Waals surface area (Å²) in [7, 11) is 0. The van der Waals surface area contributed by atoms with Gasteiger partial charge in [-0.25, -0.2) is 0 Å². The Bertz CT molecular complexity index is 520. The Hall–Kier alpha value is -1.50. The van der Waals surface area contributed by atoms with E-state index in [4.69, 9.17) is 22.1 Å². The molecule has 7 heteroatoms. The molecule has 0 aromatic heterocycles. The van der Waals surface area contributed by atoms with Crippen molar-refractivity contribution in [2.24, 2.45) is 0 Å². The van der Waals surface area contributed by atoms with Crippen LogP contribution in [0.2, 0.25) is 5.02 Å². The summed E-state index contributed by atoms with van der Waals surface area (Å²) in [5.41, 5.74) is 6.39. The monoisotopic (exact) mass is 343 g/mol. The lowest BCUT2D eigenvalue weighted by atomic mass is 10.1. The van der Waals surface area contributed by atoms with Crippen molar-refractivity contribution in [3.8, 4) is 5.75 Å². The molecule has 23 heavy (non-hydrogen) atoms. The van der Waals surface area contributed by atoms with Gasteiger partial charge in [-0.05, 0) is 26.1 Å². The third kappa shape index (κ3) is 6.25. The first kappa shape index (κ1) is 19.5. The third-order valence-electron chi connectivity index (χ3n) is 3.43. The molecular formula is C16H26ClN3O3. The van der Waals surface area contributed by atoms with Gasteiger partial charge in [0.1, 0.15) is 12.4 Å². The van der Waals surface area contributed by atoms with Gasteiger partial charge in [-0.3, -0.25) is 4.79 Å². The predicted molar refractivity (Wildman–Crippen MR) is 93.2 cm³/mol. The van der Waals surface area contributed by atoms with E-state index in [-0.39, 0.29) is 12.5 Å². The van der Waals surface area contributed by atoms with E-state index in [1.165, 1.54) is 12.1 Å². The van der Waals surface area contributed by atoms with Crippen molar-refractivity contribution in [3.63, 3.8) is 0 Å². The molecule has 6 nitrogen and oxygen atoms in total. The number of benzene rings is 1. The SMILES string of the molecule is CCN(CC)CCNC(=O)c1cc(Cl)c(N)cc1OC[C@@H](C)O. The minimum atomic E-state index is -0.648. The second-order valence-corrected chi connectivity index (χ2v) is 5.72. The minimum absolute atomic E-state index is 0.0702. The molecule has 0 aliphatic rings.